The maximum atomic E-state index is 9.04. The first kappa shape index (κ1) is 13.5. The first-order valence-electron chi connectivity index (χ1n) is 5.38. The number of rotatable bonds is 7. The highest BCUT2D eigenvalue weighted by Gasteiger charge is 2.05. The lowest BCUT2D eigenvalue weighted by Gasteiger charge is -2.14. The van der Waals surface area contributed by atoms with Crippen LogP contribution in [0.4, 0.5) is 0 Å². The Morgan fingerprint density at radius 3 is 2.44 bits per heavy atom. The molecule has 3 nitrogen and oxygen atoms in total. The van der Waals surface area contributed by atoms with Crippen LogP contribution in [0.5, 0.6) is 0 Å². The predicted octanol–water partition coefficient (Wildman–Crippen LogP) is 1.24. The Hall–Kier alpha value is -0.550. The second kappa shape index (κ2) is 7.68. The number of hydrogen-bond acceptors (Lipinski definition) is 4. The van der Waals surface area contributed by atoms with Gasteiger partial charge < -0.3 is 15.5 Å². The van der Waals surface area contributed by atoms with Crippen molar-refractivity contribution in [1.29, 1.82) is 0 Å². The van der Waals surface area contributed by atoms with E-state index in [1.165, 1.54) is 10.5 Å². The molecule has 16 heavy (non-hydrogen) atoms. The summed E-state index contributed by atoms with van der Waals surface area (Å²) >= 11 is 1.72. The van der Waals surface area contributed by atoms with Gasteiger partial charge in [-0.1, -0.05) is 12.1 Å². The van der Waals surface area contributed by atoms with Crippen molar-refractivity contribution in [3.05, 3.63) is 29.8 Å². The minimum absolute atomic E-state index is 0.0229. The quantitative estimate of drug-likeness (QED) is 0.629. The van der Waals surface area contributed by atoms with E-state index >= 15 is 0 Å². The fourth-order valence-electron chi connectivity index (χ4n) is 1.42. The van der Waals surface area contributed by atoms with Gasteiger partial charge in [-0.25, -0.2) is 0 Å². The molecule has 0 aliphatic carbocycles. The molecule has 0 aliphatic heterocycles. The van der Waals surface area contributed by atoms with Gasteiger partial charge in [-0.15, -0.1) is 11.8 Å². The van der Waals surface area contributed by atoms with Crippen molar-refractivity contribution in [2.75, 3.05) is 19.5 Å². The summed E-state index contributed by atoms with van der Waals surface area (Å²) in [6.07, 6.45) is 2.63. The molecule has 0 saturated carbocycles. The van der Waals surface area contributed by atoms with Gasteiger partial charge >= 0.3 is 0 Å². The Kier molecular flexibility index (Phi) is 6.49. The average Bonchev–Trinajstić information content (AvgIpc) is 2.35. The van der Waals surface area contributed by atoms with Crippen LogP contribution in [0.15, 0.2) is 29.2 Å². The summed E-state index contributed by atoms with van der Waals surface area (Å²) in [5.41, 5.74) is 1.19. The molecule has 1 atom stereocenters. The van der Waals surface area contributed by atoms with Gasteiger partial charge in [0, 0.05) is 24.1 Å². The van der Waals surface area contributed by atoms with Crippen molar-refractivity contribution in [2.24, 2.45) is 0 Å². The van der Waals surface area contributed by atoms with Gasteiger partial charge in [-0.2, -0.15) is 0 Å². The van der Waals surface area contributed by atoms with Gasteiger partial charge in [0.15, 0.2) is 0 Å². The molecule has 0 fully saturated rings. The van der Waals surface area contributed by atoms with Crippen molar-refractivity contribution >= 4 is 11.8 Å². The first-order valence-corrected chi connectivity index (χ1v) is 6.60. The molecule has 3 N–H and O–H groups in total. The molecule has 1 aromatic carbocycles. The average molecular weight is 241 g/mol. The molecule has 4 heteroatoms. The normalized spacial score (nSPS) is 12.7. The molecule has 90 valence electrons. The molecular weight excluding hydrogens is 222 g/mol. The number of nitrogens with one attached hydrogen (secondary N) is 1. The Morgan fingerprint density at radius 2 is 1.94 bits per heavy atom. The summed E-state index contributed by atoms with van der Waals surface area (Å²) in [5.74, 6) is 0. The highest BCUT2D eigenvalue weighted by atomic mass is 32.2. The monoisotopic (exact) mass is 241 g/mol. The van der Waals surface area contributed by atoms with Crippen LogP contribution in [0.2, 0.25) is 0 Å². The molecule has 0 amide bonds. The summed E-state index contributed by atoms with van der Waals surface area (Å²) in [6.45, 7) is 0.882. The smallest absolute Gasteiger partial charge is 0.0585 e. The van der Waals surface area contributed by atoms with E-state index in [1.807, 2.05) is 0 Å². The highest BCUT2D eigenvalue weighted by Crippen LogP contribution is 2.14. The van der Waals surface area contributed by atoms with Crippen LogP contribution in [0.25, 0.3) is 0 Å². The molecule has 0 spiro atoms. The third-order valence-corrected chi connectivity index (χ3v) is 3.20. The SMILES string of the molecule is CSc1ccc(CNC(CO)CCO)cc1. The van der Waals surface area contributed by atoms with E-state index in [1.54, 1.807) is 11.8 Å². The third kappa shape index (κ3) is 4.53. The zero-order chi connectivity index (χ0) is 11.8. The van der Waals surface area contributed by atoms with Crippen LogP contribution in [0.1, 0.15) is 12.0 Å². The maximum Gasteiger partial charge on any atom is 0.0585 e. The molecule has 0 bridgehead atoms. The van der Waals surface area contributed by atoms with E-state index in [2.05, 4.69) is 35.8 Å². The van der Waals surface area contributed by atoms with E-state index in [4.69, 9.17) is 10.2 Å². The Bertz CT molecular complexity index is 290. The Labute approximate surface area is 101 Å². The van der Waals surface area contributed by atoms with Crippen LogP contribution in [-0.2, 0) is 6.54 Å². The largest absolute Gasteiger partial charge is 0.396 e. The zero-order valence-corrected chi connectivity index (χ0v) is 10.3. The van der Waals surface area contributed by atoms with E-state index in [0.717, 1.165) is 6.54 Å². The number of aliphatic hydroxyl groups excluding tert-OH is 2. The molecule has 0 heterocycles. The third-order valence-electron chi connectivity index (χ3n) is 2.45. The van der Waals surface area contributed by atoms with Crippen LogP contribution in [0.3, 0.4) is 0 Å². The van der Waals surface area contributed by atoms with Crippen molar-refractivity contribution in [3.8, 4) is 0 Å². The minimum atomic E-state index is -0.0229. The summed E-state index contributed by atoms with van der Waals surface area (Å²) in [4.78, 5) is 1.25. The predicted molar refractivity (Wildman–Crippen MR) is 67.6 cm³/mol. The number of aliphatic hydroxyl groups is 2. The highest BCUT2D eigenvalue weighted by molar-refractivity contribution is 7.98. The minimum Gasteiger partial charge on any atom is -0.396 e. The molecule has 1 unspecified atom stereocenters. The van der Waals surface area contributed by atoms with Crippen molar-refractivity contribution in [2.45, 2.75) is 23.9 Å². The van der Waals surface area contributed by atoms with E-state index in [-0.39, 0.29) is 19.3 Å². The summed E-state index contributed by atoms with van der Waals surface area (Å²) in [5, 5.41) is 21.0. The standard InChI is InChI=1S/C12H19NO2S/c1-16-12-4-2-10(3-5-12)8-13-11(9-15)6-7-14/h2-5,11,13-15H,6-9H2,1H3. The maximum absolute atomic E-state index is 9.04. The summed E-state index contributed by atoms with van der Waals surface area (Å²) in [7, 11) is 0. The second-order valence-electron chi connectivity index (χ2n) is 3.62. The number of thioether (sulfide) groups is 1. The molecule has 0 saturated heterocycles. The topological polar surface area (TPSA) is 52.5 Å². The molecule has 0 radical (unpaired) electrons. The van der Waals surface area contributed by atoms with Crippen LogP contribution < -0.4 is 5.32 Å². The fourth-order valence-corrected chi connectivity index (χ4v) is 1.83. The lowest BCUT2D eigenvalue weighted by molar-refractivity contribution is 0.200. The Morgan fingerprint density at radius 1 is 1.25 bits per heavy atom. The van der Waals surface area contributed by atoms with Crippen LogP contribution >= 0.6 is 11.8 Å². The molecule has 1 rings (SSSR count). The fraction of sp³-hybridized carbons (Fsp3) is 0.500. The lowest BCUT2D eigenvalue weighted by Crippen LogP contribution is -2.32. The second-order valence-corrected chi connectivity index (χ2v) is 4.50. The first-order chi connectivity index (χ1) is 7.80. The van der Waals surface area contributed by atoms with Gasteiger partial charge in [0.25, 0.3) is 0 Å². The molecular formula is C12H19NO2S. The van der Waals surface area contributed by atoms with Crippen molar-refractivity contribution in [1.82, 2.24) is 5.32 Å². The van der Waals surface area contributed by atoms with Gasteiger partial charge in [0.1, 0.15) is 0 Å². The van der Waals surface area contributed by atoms with Crippen molar-refractivity contribution < 1.29 is 10.2 Å². The van der Waals surface area contributed by atoms with Gasteiger partial charge in [-0.3, -0.25) is 0 Å². The van der Waals surface area contributed by atoms with E-state index < -0.39 is 0 Å². The van der Waals surface area contributed by atoms with Gasteiger partial charge in [-0.05, 0) is 30.4 Å². The number of hydrogen-bond donors (Lipinski definition) is 3. The zero-order valence-electron chi connectivity index (χ0n) is 9.52. The van der Waals surface area contributed by atoms with Crippen molar-refractivity contribution in [3.63, 3.8) is 0 Å². The van der Waals surface area contributed by atoms with Crippen LogP contribution in [0, 0.1) is 0 Å². The van der Waals surface area contributed by atoms with Crippen LogP contribution in [-0.4, -0.2) is 35.7 Å². The van der Waals surface area contributed by atoms with E-state index in [0.29, 0.717) is 6.42 Å². The van der Waals surface area contributed by atoms with Gasteiger partial charge in [0.2, 0.25) is 0 Å². The Balaban J connectivity index is 2.40. The van der Waals surface area contributed by atoms with Gasteiger partial charge in [0.05, 0.1) is 6.61 Å². The summed E-state index contributed by atoms with van der Waals surface area (Å²) in [6, 6.07) is 8.30. The molecule has 1 aromatic rings. The number of benzene rings is 1. The lowest BCUT2D eigenvalue weighted by atomic mass is 10.2. The molecule has 0 aromatic heterocycles. The molecule has 0 aliphatic rings. The van der Waals surface area contributed by atoms with E-state index in [9.17, 15) is 0 Å². The summed E-state index contributed by atoms with van der Waals surface area (Å²) < 4.78 is 0.